The summed E-state index contributed by atoms with van der Waals surface area (Å²) < 4.78 is 18.2. The lowest BCUT2D eigenvalue weighted by molar-refractivity contribution is 0.256. The molecular weight excluding hydrogens is 193 g/mol. The van der Waals surface area contributed by atoms with E-state index in [0.29, 0.717) is 12.6 Å². The summed E-state index contributed by atoms with van der Waals surface area (Å²) in [5.74, 6) is 1.27. The van der Waals surface area contributed by atoms with Gasteiger partial charge in [-0.3, -0.25) is 0 Å². The van der Waals surface area contributed by atoms with Gasteiger partial charge in [-0.2, -0.15) is 0 Å². The number of rotatable bonds is 5. The molecule has 1 unspecified atom stereocenters. The SMILES string of the molecule is CNC(COc1ccc(F)cc1)C1CC1. The Labute approximate surface area is 89.4 Å². The second kappa shape index (κ2) is 4.62. The molecule has 1 aromatic rings. The van der Waals surface area contributed by atoms with Crippen LogP contribution in [0.4, 0.5) is 4.39 Å². The van der Waals surface area contributed by atoms with Crippen molar-refractivity contribution in [3.8, 4) is 5.75 Å². The highest BCUT2D eigenvalue weighted by Crippen LogP contribution is 2.32. The van der Waals surface area contributed by atoms with Gasteiger partial charge in [-0.1, -0.05) is 0 Å². The fourth-order valence-corrected chi connectivity index (χ4v) is 1.67. The third-order valence-corrected chi connectivity index (χ3v) is 2.81. The third-order valence-electron chi connectivity index (χ3n) is 2.81. The minimum Gasteiger partial charge on any atom is -0.492 e. The fraction of sp³-hybridized carbons (Fsp3) is 0.500. The molecule has 0 aliphatic heterocycles. The van der Waals surface area contributed by atoms with Crippen molar-refractivity contribution in [2.45, 2.75) is 18.9 Å². The third kappa shape index (κ3) is 2.93. The summed E-state index contributed by atoms with van der Waals surface area (Å²) in [6.07, 6.45) is 2.58. The van der Waals surface area contributed by atoms with Gasteiger partial charge in [-0.25, -0.2) is 4.39 Å². The van der Waals surface area contributed by atoms with E-state index in [1.54, 1.807) is 12.1 Å². The monoisotopic (exact) mass is 209 g/mol. The van der Waals surface area contributed by atoms with Gasteiger partial charge in [0, 0.05) is 6.04 Å². The number of likely N-dealkylation sites (N-methyl/N-ethyl adjacent to an activating group) is 1. The maximum atomic E-state index is 12.6. The number of nitrogens with one attached hydrogen (secondary N) is 1. The first-order chi connectivity index (χ1) is 7.29. The average Bonchev–Trinajstić information content (AvgIpc) is 3.06. The molecule has 15 heavy (non-hydrogen) atoms. The summed E-state index contributed by atoms with van der Waals surface area (Å²) in [6.45, 7) is 0.660. The van der Waals surface area contributed by atoms with E-state index in [1.165, 1.54) is 25.0 Å². The molecule has 1 saturated carbocycles. The van der Waals surface area contributed by atoms with E-state index in [-0.39, 0.29) is 5.82 Å². The Kier molecular flexibility index (Phi) is 3.21. The summed E-state index contributed by atoms with van der Waals surface area (Å²) in [6, 6.07) is 6.58. The molecule has 1 atom stereocenters. The first kappa shape index (κ1) is 10.4. The Morgan fingerprint density at radius 2 is 2.07 bits per heavy atom. The maximum Gasteiger partial charge on any atom is 0.123 e. The normalized spacial score (nSPS) is 17.5. The highest BCUT2D eigenvalue weighted by atomic mass is 19.1. The van der Waals surface area contributed by atoms with Gasteiger partial charge in [0.1, 0.15) is 18.2 Å². The molecule has 1 aromatic carbocycles. The van der Waals surface area contributed by atoms with Gasteiger partial charge >= 0.3 is 0 Å². The van der Waals surface area contributed by atoms with Crippen LogP contribution in [-0.2, 0) is 0 Å². The van der Waals surface area contributed by atoms with Crippen LogP contribution in [-0.4, -0.2) is 19.7 Å². The van der Waals surface area contributed by atoms with E-state index in [1.807, 2.05) is 7.05 Å². The zero-order valence-corrected chi connectivity index (χ0v) is 8.87. The van der Waals surface area contributed by atoms with Gasteiger partial charge in [-0.05, 0) is 50.1 Å². The van der Waals surface area contributed by atoms with Crippen molar-refractivity contribution in [2.75, 3.05) is 13.7 Å². The van der Waals surface area contributed by atoms with Crippen LogP contribution in [0.15, 0.2) is 24.3 Å². The van der Waals surface area contributed by atoms with Gasteiger partial charge in [-0.15, -0.1) is 0 Å². The lowest BCUT2D eigenvalue weighted by atomic mass is 10.2. The Morgan fingerprint density at radius 3 is 2.60 bits per heavy atom. The summed E-state index contributed by atoms with van der Waals surface area (Å²) in [5, 5.41) is 3.25. The molecule has 0 amide bonds. The highest BCUT2D eigenvalue weighted by molar-refractivity contribution is 5.22. The lowest BCUT2D eigenvalue weighted by Crippen LogP contribution is -2.33. The summed E-state index contributed by atoms with van der Waals surface area (Å²) in [4.78, 5) is 0. The molecule has 2 nitrogen and oxygen atoms in total. The molecule has 0 bridgehead atoms. The van der Waals surface area contributed by atoms with Gasteiger partial charge in [0.05, 0.1) is 0 Å². The van der Waals surface area contributed by atoms with Crippen molar-refractivity contribution in [1.82, 2.24) is 5.32 Å². The molecule has 2 rings (SSSR count). The molecule has 0 radical (unpaired) electrons. The fourth-order valence-electron chi connectivity index (χ4n) is 1.67. The largest absolute Gasteiger partial charge is 0.492 e. The number of halogens is 1. The highest BCUT2D eigenvalue weighted by Gasteiger charge is 2.30. The zero-order valence-electron chi connectivity index (χ0n) is 8.87. The first-order valence-electron chi connectivity index (χ1n) is 5.35. The topological polar surface area (TPSA) is 21.3 Å². The molecule has 0 heterocycles. The van der Waals surface area contributed by atoms with E-state index in [0.717, 1.165) is 11.7 Å². The maximum absolute atomic E-state index is 12.6. The van der Waals surface area contributed by atoms with Crippen LogP contribution in [0.1, 0.15) is 12.8 Å². The van der Waals surface area contributed by atoms with Gasteiger partial charge in [0.25, 0.3) is 0 Å². The van der Waals surface area contributed by atoms with Gasteiger partial charge in [0.15, 0.2) is 0 Å². The van der Waals surface area contributed by atoms with Crippen molar-refractivity contribution >= 4 is 0 Å². The van der Waals surface area contributed by atoms with Crippen molar-refractivity contribution in [3.05, 3.63) is 30.1 Å². The molecule has 1 aliphatic rings. The predicted molar refractivity (Wildman–Crippen MR) is 57.5 cm³/mol. The van der Waals surface area contributed by atoms with Crippen LogP contribution in [0.5, 0.6) is 5.75 Å². The van der Waals surface area contributed by atoms with Crippen LogP contribution in [0, 0.1) is 11.7 Å². The van der Waals surface area contributed by atoms with Crippen LogP contribution in [0.2, 0.25) is 0 Å². The number of hydrogen-bond donors (Lipinski definition) is 1. The molecule has 0 aromatic heterocycles. The first-order valence-corrected chi connectivity index (χ1v) is 5.35. The smallest absolute Gasteiger partial charge is 0.123 e. The minimum atomic E-state index is -0.227. The lowest BCUT2D eigenvalue weighted by Gasteiger charge is -2.16. The molecule has 1 aliphatic carbocycles. The summed E-state index contributed by atoms with van der Waals surface area (Å²) >= 11 is 0. The van der Waals surface area contributed by atoms with Gasteiger partial charge in [0.2, 0.25) is 0 Å². The second-order valence-electron chi connectivity index (χ2n) is 4.00. The van der Waals surface area contributed by atoms with E-state index >= 15 is 0 Å². The molecule has 1 N–H and O–H groups in total. The Bertz CT molecular complexity index is 308. The van der Waals surface area contributed by atoms with Crippen LogP contribution >= 0.6 is 0 Å². The molecule has 0 saturated heterocycles. The number of ether oxygens (including phenoxy) is 1. The van der Waals surface area contributed by atoms with E-state index in [4.69, 9.17) is 4.74 Å². The van der Waals surface area contributed by atoms with Crippen molar-refractivity contribution in [3.63, 3.8) is 0 Å². The van der Waals surface area contributed by atoms with Crippen LogP contribution < -0.4 is 10.1 Å². The zero-order chi connectivity index (χ0) is 10.7. The Balaban J connectivity index is 1.83. The van der Waals surface area contributed by atoms with E-state index < -0.39 is 0 Å². The van der Waals surface area contributed by atoms with E-state index in [2.05, 4.69) is 5.32 Å². The standard InChI is InChI=1S/C12H16FNO/c1-14-12(9-2-3-9)8-15-11-6-4-10(13)5-7-11/h4-7,9,12,14H,2-3,8H2,1H3. The van der Waals surface area contributed by atoms with Crippen molar-refractivity contribution in [2.24, 2.45) is 5.92 Å². The van der Waals surface area contributed by atoms with Crippen molar-refractivity contribution in [1.29, 1.82) is 0 Å². The number of benzene rings is 1. The number of hydrogen-bond acceptors (Lipinski definition) is 2. The van der Waals surface area contributed by atoms with Crippen LogP contribution in [0.25, 0.3) is 0 Å². The second-order valence-corrected chi connectivity index (χ2v) is 4.00. The molecule has 1 fully saturated rings. The molecular formula is C12H16FNO. The Hall–Kier alpha value is -1.09. The van der Waals surface area contributed by atoms with Crippen molar-refractivity contribution < 1.29 is 9.13 Å². The molecule has 0 spiro atoms. The molecule has 3 heteroatoms. The predicted octanol–water partition coefficient (Wildman–Crippen LogP) is 2.20. The van der Waals surface area contributed by atoms with Crippen LogP contribution in [0.3, 0.4) is 0 Å². The quantitative estimate of drug-likeness (QED) is 0.802. The molecule has 82 valence electrons. The average molecular weight is 209 g/mol. The van der Waals surface area contributed by atoms with Gasteiger partial charge < -0.3 is 10.1 Å². The summed E-state index contributed by atoms with van der Waals surface area (Å²) in [5.41, 5.74) is 0. The summed E-state index contributed by atoms with van der Waals surface area (Å²) in [7, 11) is 1.96. The Morgan fingerprint density at radius 1 is 1.40 bits per heavy atom. The van der Waals surface area contributed by atoms with E-state index in [9.17, 15) is 4.39 Å². The minimum absolute atomic E-state index is 0.227.